The highest BCUT2D eigenvalue weighted by atomic mass is 19.3. The zero-order valence-corrected chi connectivity index (χ0v) is 21.3. The van der Waals surface area contributed by atoms with Gasteiger partial charge in [-0.3, -0.25) is 14.9 Å². The quantitative estimate of drug-likeness (QED) is 0.386. The van der Waals surface area contributed by atoms with Crippen LogP contribution in [0.3, 0.4) is 0 Å². The van der Waals surface area contributed by atoms with Crippen LogP contribution in [0.15, 0.2) is 24.7 Å². The summed E-state index contributed by atoms with van der Waals surface area (Å²) in [6.45, 7) is 0.549. The van der Waals surface area contributed by atoms with Crippen molar-refractivity contribution in [3.05, 3.63) is 30.4 Å². The van der Waals surface area contributed by atoms with Gasteiger partial charge in [-0.15, -0.1) is 0 Å². The van der Waals surface area contributed by atoms with Crippen molar-refractivity contribution in [1.82, 2.24) is 35.1 Å². The Morgan fingerprint density at radius 2 is 1.92 bits per heavy atom. The molecule has 3 aliphatic rings. The van der Waals surface area contributed by atoms with E-state index in [0.29, 0.717) is 30.5 Å². The molecule has 0 bridgehead atoms. The smallest absolute Gasteiger partial charge is 0.251 e. The number of anilines is 5. The molecule has 0 spiro atoms. The number of H-pyrrole nitrogens is 1. The summed E-state index contributed by atoms with van der Waals surface area (Å²) in [5, 5.41) is 13.3. The van der Waals surface area contributed by atoms with E-state index in [2.05, 4.69) is 45.8 Å². The van der Waals surface area contributed by atoms with Crippen LogP contribution in [0.2, 0.25) is 0 Å². The lowest BCUT2D eigenvalue weighted by Gasteiger charge is -2.32. The van der Waals surface area contributed by atoms with Crippen LogP contribution >= 0.6 is 0 Å². The standard InChI is InChI=1S/C24H29F2N11O2/c1-39-15-10-17(20(38)29-19-12-27-6-7-28-19)37(13-15)23-32-21(30-18-11-16(34-35-18)14-2-3-14)31-22(33-23)36-8-4-24(25,26)5-9-36/h6-7,11-12,14-15,17H,2-5,8-10,13H2,1H3,(H,28,29,38)(H2,30,31,32,33,34,35)/t15-,17-/m0/s1. The van der Waals surface area contributed by atoms with E-state index in [1.807, 2.05) is 6.07 Å². The summed E-state index contributed by atoms with van der Waals surface area (Å²) in [5.74, 6) is -0.996. The summed E-state index contributed by atoms with van der Waals surface area (Å²) in [6.07, 6.45) is 6.26. The third-order valence-electron chi connectivity index (χ3n) is 7.21. The van der Waals surface area contributed by atoms with E-state index in [9.17, 15) is 13.6 Å². The largest absolute Gasteiger partial charge is 0.380 e. The molecule has 3 aromatic heterocycles. The lowest BCUT2D eigenvalue weighted by atomic mass is 10.1. The van der Waals surface area contributed by atoms with Crippen LogP contribution in [0.25, 0.3) is 0 Å². The SMILES string of the molecule is CO[C@H]1C[C@@H](C(=O)Nc2cnccn2)N(c2nc(Nc3cc(C4CC4)[nH]n3)nc(N3CCC(F)(F)CC3)n2)C1. The number of aromatic amines is 1. The van der Waals surface area contributed by atoms with Gasteiger partial charge in [0.25, 0.3) is 5.92 Å². The summed E-state index contributed by atoms with van der Waals surface area (Å²) < 4.78 is 33.3. The number of carbonyl (C=O) groups excluding carboxylic acids is 1. The molecule has 206 valence electrons. The first-order valence-electron chi connectivity index (χ1n) is 12.9. The first-order chi connectivity index (χ1) is 18.9. The van der Waals surface area contributed by atoms with E-state index in [1.54, 1.807) is 16.9 Å². The number of nitrogens with zero attached hydrogens (tertiary/aromatic N) is 8. The molecule has 1 amide bonds. The summed E-state index contributed by atoms with van der Waals surface area (Å²) in [6, 6.07) is 1.24. The second-order valence-corrected chi connectivity index (χ2v) is 10.1. The molecule has 2 saturated heterocycles. The van der Waals surface area contributed by atoms with Crippen LogP contribution in [0.1, 0.15) is 43.7 Å². The Balaban J connectivity index is 1.31. The molecule has 15 heteroatoms. The summed E-state index contributed by atoms with van der Waals surface area (Å²) in [5.41, 5.74) is 1.04. The van der Waals surface area contributed by atoms with Gasteiger partial charge >= 0.3 is 0 Å². The minimum atomic E-state index is -2.72. The van der Waals surface area contributed by atoms with Gasteiger partial charge in [0.1, 0.15) is 6.04 Å². The van der Waals surface area contributed by atoms with Gasteiger partial charge in [-0.1, -0.05) is 0 Å². The first-order valence-corrected chi connectivity index (χ1v) is 12.9. The third kappa shape index (κ3) is 5.72. The molecule has 2 aliphatic heterocycles. The number of carbonyl (C=O) groups is 1. The Hall–Kier alpha value is -4.01. The molecule has 0 radical (unpaired) electrons. The summed E-state index contributed by atoms with van der Waals surface area (Å²) >= 11 is 0. The Kier molecular flexibility index (Phi) is 6.66. The van der Waals surface area contributed by atoms with Gasteiger partial charge < -0.3 is 25.2 Å². The molecule has 2 atom stereocenters. The summed E-state index contributed by atoms with van der Waals surface area (Å²) in [4.78, 5) is 38.6. The van der Waals surface area contributed by atoms with Crippen LogP contribution in [0.5, 0.6) is 0 Å². The highest BCUT2D eigenvalue weighted by molar-refractivity contribution is 5.96. The van der Waals surface area contributed by atoms with Gasteiger partial charge in [-0.2, -0.15) is 20.1 Å². The van der Waals surface area contributed by atoms with Gasteiger partial charge in [0.2, 0.25) is 23.8 Å². The number of hydrogen-bond acceptors (Lipinski definition) is 11. The fourth-order valence-electron chi connectivity index (χ4n) is 4.84. The van der Waals surface area contributed by atoms with Gasteiger partial charge in [0.05, 0.1) is 12.3 Å². The molecule has 3 fully saturated rings. The van der Waals surface area contributed by atoms with Crippen molar-refractivity contribution in [3.63, 3.8) is 0 Å². The topological polar surface area (TPSA) is 150 Å². The maximum atomic E-state index is 13.9. The predicted octanol–water partition coefficient (Wildman–Crippen LogP) is 2.47. The fraction of sp³-hybridized carbons (Fsp3) is 0.542. The van der Waals surface area contributed by atoms with Gasteiger partial charge in [0.15, 0.2) is 11.6 Å². The Morgan fingerprint density at radius 1 is 1.13 bits per heavy atom. The molecule has 0 aromatic carbocycles. The lowest BCUT2D eigenvalue weighted by molar-refractivity contribution is -0.117. The van der Waals surface area contributed by atoms with Gasteiger partial charge in [0, 0.05) is 76.1 Å². The predicted molar refractivity (Wildman–Crippen MR) is 137 cm³/mol. The molecule has 3 aromatic rings. The first kappa shape index (κ1) is 25.3. The minimum absolute atomic E-state index is 0.0986. The normalized spacial score (nSPS) is 22.6. The second kappa shape index (κ2) is 10.3. The molecular weight excluding hydrogens is 512 g/mol. The van der Waals surface area contributed by atoms with Crippen LogP contribution in [-0.4, -0.2) is 85.8 Å². The average Bonchev–Trinajstić information content (AvgIpc) is 3.51. The highest BCUT2D eigenvalue weighted by Gasteiger charge is 2.40. The number of halogens is 2. The monoisotopic (exact) mass is 541 g/mol. The van der Waals surface area contributed by atoms with Crippen molar-refractivity contribution in [2.45, 2.75) is 56.1 Å². The maximum Gasteiger partial charge on any atom is 0.251 e. The van der Waals surface area contributed by atoms with Gasteiger partial charge in [-0.25, -0.2) is 13.8 Å². The van der Waals surface area contributed by atoms with E-state index in [1.165, 1.54) is 18.6 Å². The maximum absolute atomic E-state index is 13.9. The number of hydrogen-bond donors (Lipinski definition) is 3. The zero-order chi connectivity index (χ0) is 27.0. The van der Waals surface area contributed by atoms with E-state index < -0.39 is 12.0 Å². The number of piperidine rings is 1. The number of alkyl halides is 2. The van der Waals surface area contributed by atoms with Crippen LogP contribution in [0, 0.1) is 0 Å². The van der Waals surface area contributed by atoms with Crippen LogP contribution in [0.4, 0.5) is 38.3 Å². The molecule has 1 aliphatic carbocycles. The average molecular weight is 542 g/mol. The Bertz CT molecular complexity index is 1310. The van der Waals surface area contributed by atoms with Gasteiger partial charge in [-0.05, 0) is 12.8 Å². The van der Waals surface area contributed by atoms with Crippen molar-refractivity contribution < 1.29 is 18.3 Å². The molecule has 3 N–H and O–H groups in total. The van der Waals surface area contributed by atoms with Crippen molar-refractivity contribution in [2.24, 2.45) is 0 Å². The number of rotatable bonds is 8. The lowest BCUT2D eigenvalue weighted by Crippen LogP contribution is -2.42. The van der Waals surface area contributed by atoms with Crippen LogP contribution in [-0.2, 0) is 9.53 Å². The van der Waals surface area contributed by atoms with Crippen molar-refractivity contribution in [2.75, 3.05) is 47.2 Å². The Labute approximate surface area is 222 Å². The second-order valence-electron chi connectivity index (χ2n) is 10.1. The van der Waals surface area contributed by atoms with E-state index in [4.69, 9.17) is 4.74 Å². The summed E-state index contributed by atoms with van der Waals surface area (Å²) in [7, 11) is 1.58. The number of amides is 1. The molecule has 13 nitrogen and oxygen atoms in total. The molecule has 39 heavy (non-hydrogen) atoms. The third-order valence-corrected chi connectivity index (χ3v) is 7.21. The number of nitrogens with one attached hydrogen (secondary N) is 3. The fourth-order valence-corrected chi connectivity index (χ4v) is 4.84. The molecule has 1 saturated carbocycles. The Morgan fingerprint density at radius 3 is 2.64 bits per heavy atom. The van der Waals surface area contributed by atoms with E-state index >= 15 is 0 Å². The molecular formula is C24H29F2N11O2. The van der Waals surface area contributed by atoms with E-state index in [0.717, 1.165) is 18.5 Å². The molecule has 5 heterocycles. The minimum Gasteiger partial charge on any atom is -0.380 e. The van der Waals surface area contributed by atoms with Crippen LogP contribution < -0.4 is 20.4 Å². The number of aromatic nitrogens is 7. The molecule has 0 unspecified atom stereocenters. The zero-order valence-electron chi connectivity index (χ0n) is 21.3. The number of ether oxygens (including phenoxy) is 1. The highest BCUT2D eigenvalue weighted by Crippen LogP contribution is 2.40. The van der Waals surface area contributed by atoms with Crippen molar-refractivity contribution >= 4 is 35.4 Å². The number of methoxy groups -OCH3 is 1. The molecule has 6 rings (SSSR count). The van der Waals surface area contributed by atoms with E-state index in [-0.39, 0.29) is 55.8 Å². The van der Waals surface area contributed by atoms with Crippen molar-refractivity contribution in [3.8, 4) is 0 Å². The van der Waals surface area contributed by atoms with Crippen molar-refractivity contribution in [1.29, 1.82) is 0 Å².